The van der Waals surface area contributed by atoms with Crippen molar-refractivity contribution in [1.29, 1.82) is 5.26 Å². The van der Waals surface area contributed by atoms with Gasteiger partial charge in [0.25, 0.3) is 0 Å². The molecule has 1 saturated heterocycles. The van der Waals surface area contributed by atoms with Gasteiger partial charge in [0.05, 0.1) is 11.6 Å². The van der Waals surface area contributed by atoms with E-state index < -0.39 is 0 Å². The maximum Gasteiger partial charge on any atom is 0.194 e. The van der Waals surface area contributed by atoms with Gasteiger partial charge in [0.2, 0.25) is 0 Å². The van der Waals surface area contributed by atoms with E-state index in [9.17, 15) is 4.39 Å². The molecule has 6 nitrogen and oxygen atoms in total. The molecule has 7 heteroatoms. The molecule has 1 heterocycles. The molecule has 0 bridgehead atoms. The number of benzene rings is 2. The van der Waals surface area contributed by atoms with Crippen LogP contribution in [0.4, 0.5) is 4.39 Å². The van der Waals surface area contributed by atoms with E-state index in [0.29, 0.717) is 24.3 Å². The van der Waals surface area contributed by atoms with Crippen molar-refractivity contribution in [3.63, 3.8) is 0 Å². The Balaban J connectivity index is 1.43. The van der Waals surface area contributed by atoms with E-state index in [1.54, 1.807) is 13.1 Å². The number of ether oxygens (including phenoxy) is 1. The van der Waals surface area contributed by atoms with Crippen molar-refractivity contribution in [2.24, 2.45) is 4.99 Å². The van der Waals surface area contributed by atoms with Crippen LogP contribution in [0.5, 0.6) is 5.75 Å². The number of hydrogen-bond donors (Lipinski definition) is 1. The third-order valence-corrected chi connectivity index (χ3v) is 4.91. The van der Waals surface area contributed by atoms with Gasteiger partial charge >= 0.3 is 0 Å². The molecule has 1 fully saturated rings. The van der Waals surface area contributed by atoms with Gasteiger partial charge in [-0.2, -0.15) is 5.26 Å². The topological polar surface area (TPSA) is 63.9 Å². The van der Waals surface area contributed by atoms with E-state index in [-0.39, 0.29) is 5.82 Å². The van der Waals surface area contributed by atoms with Gasteiger partial charge < -0.3 is 15.0 Å². The molecular formula is C22H26FN5O. The molecule has 1 aliphatic heterocycles. The minimum Gasteiger partial charge on any atom is -0.492 e. The number of rotatable bonds is 6. The lowest BCUT2D eigenvalue weighted by molar-refractivity contribution is 0.152. The molecule has 0 radical (unpaired) electrons. The van der Waals surface area contributed by atoms with Gasteiger partial charge in [-0.05, 0) is 30.3 Å². The highest BCUT2D eigenvalue weighted by Gasteiger charge is 2.19. The number of nitrogens with one attached hydrogen (secondary N) is 1. The average molecular weight is 395 g/mol. The first-order chi connectivity index (χ1) is 14.2. The number of nitrogens with zero attached hydrogens (tertiary/aromatic N) is 4. The Morgan fingerprint density at radius 3 is 2.62 bits per heavy atom. The Bertz CT molecular complexity index is 857. The normalized spacial score (nSPS) is 15.1. The van der Waals surface area contributed by atoms with Crippen molar-refractivity contribution < 1.29 is 9.13 Å². The molecule has 0 saturated carbocycles. The summed E-state index contributed by atoms with van der Waals surface area (Å²) < 4.78 is 19.7. The number of halogens is 1. The zero-order valence-corrected chi connectivity index (χ0v) is 16.6. The van der Waals surface area contributed by atoms with Crippen LogP contribution in [0.2, 0.25) is 0 Å². The van der Waals surface area contributed by atoms with Crippen LogP contribution in [0.25, 0.3) is 0 Å². The number of piperazine rings is 1. The Morgan fingerprint density at radius 2 is 1.93 bits per heavy atom. The van der Waals surface area contributed by atoms with Crippen molar-refractivity contribution in [2.45, 2.75) is 6.54 Å². The van der Waals surface area contributed by atoms with Gasteiger partial charge in [-0.25, -0.2) is 4.39 Å². The van der Waals surface area contributed by atoms with Gasteiger partial charge in [-0.15, -0.1) is 0 Å². The summed E-state index contributed by atoms with van der Waals surface area (Å²) >= 11 is 0. The second kappa shape index (κ2) is 10.4. The highest BCUT2D eigenvalue weighted by atomic mass is 19.1. The Morgan fingerprint density at radius 1 is 1.17 bits per heavy atom. The summed E-state index contributed by atoms with van der Waals surface area (Å²) in [5.74, 6) is 1.31. The summed E-state index contributed by atoms with van der Waals surface area (Å²) in [6.07, 6.45) is 0. The van der Waals surface area contributed by atoms with Crippen molar-refractivity contribution in [1.82, 2.24) is 15.1 Å². The summed E-state index contributed by atoms with van der Waals surface area (Å²) in [4.78, 5) is 8.86. The van der Waals surface area contributed by atoms with E-state index in [2.05, 4.69) is 20.1 Å². The predicted octanol–water partition coefficient (Wildman–Crippen LogP) is 2.47. The number of aliphatic imine (C=N–C) groups is 1. The van der Waals surface area contributed by atoms with Crippen molar-refractivity contribution in [2.75, 3.05) is 46.4 Å². The molecule has 2 aromatic carbocycles. The number of nitriles is 1. The summed E-state index contributed by atoms with van der Waals surface area (Å²) in [7, 11) is 1.73. The van der Waals surface area contributed by atoms with Crippen LogP contribution in [0.3, 0.4) is 0 Å². The minimum atomic E-state index is -0.324. The summed E-state index contributed by atoms with van der Waals surface area (Å²) in [5, 5.41) is 12.2. The molecule has 0 aliphatic carbocycles. The van der Waals surface area contributed by atoms with Gasteiger partial charge in [0.15, 0.2) is 5.96 Å². The van der Waals surface area contributed by atoms with Gasteiger partial charge in [-0.3, -0.25) is 9.89 Å². The summed E-state index contributed by atoms with van der Waals surface area (Å²) in [6, 6.07) is 16.2. The number of hydrogen-bond acceptors (Lipinski definition) is 4. The van der Waals surface area contributed by atoms with E-state index in [1.165, 1.54) is 12.1 Å². The van der Waals surface area contributed by atoms with Crippen molar-refractivity contribution >= 4 is 5.96 Å². The molecular weight excluding hydrogens is 369 g/mol. The first-order valence-corrected chi connectivity index (χ1v) is 9.74. The van der Waals surface area contributed by atoms with Crippen LogP contribution in [0.1, 0.15) is 11.1 Å². The van der Waals surface area contributed by atoms with Crippen LogP contribution in [0, 0.1) is 17.1 Å². The fourth-order valence-electron chi connectivity index (χ4n) is 3.28. The molecule has 0 aromatic heterocycles. The molecule has 0 atom stereocenters. The molecule has 29 heavy (non-hydrogen) atoms. The average Bonchev–Trinajstić information content (AvgIpc) is 2.77. The zero-order valence-electron chi connectivity index (χ0n) is 16.6. The molecule has 3 rings (SSSR count). The van der Waals surface area contributed by atoms with Crippen molar-refractivity contribution in [3.05, 3.63) is 65.5 Å². The van der Waals surface area contributed by atoms with Gasteiger partial charge in [-0.1, -0.05) is 18.2 Å². The largest absolute Gasteiger partial charge is 0.492 e. The number of guanidine groups is 1. The maximum absolute atomic E-state index is 14.0. The molecule has 1 aliphatic rings. The van der Waals surface area contributed by atoms with E-state index >= 15 is 0 Å². The third-order valence-electron chi connectivity index (χ3n) is 4.91. The zero-order chi connectivity index (χ0) is 20.5. The maximum atomic E-state index is 14.0. The van der Waals surface area contributed by atoms with Crippen LogP contribution in [-0.4, -0.2) is 62.1 Å². The van der Waals surface area contributed by atoms with E-state index in [1.807, 2.05) is 36.4 Å². The molecule has 152 valence electrons. The van der Waals surface area contributed by atoms with Gasteiger partial charge in [0.1, 0.15) is 18.2 Å². The first-order valence-electron chi connectivity index (χ1n) is 9.74. The van der Waals surface area contributed by atoms with Crippen LogP contribution >= 0.6 is 0 Å². The van der Waals surface area contributed by atoms with Crippen LogP contribution < -0.4 is 10.1 Å². The minimum absolute atomic E-state index is 0.291. The quantitative estimate of drug-likeness (QED) is 0.601. The van der Waals surface area contributed by atoms with E-state index in [4.69, 9.17) is 10.00 Å². The fraction of sp³-hybridized carbons (Fsp3) is 0.364. The predicted molar refractivity (Wildman–Crippen MR) is 111 cm³/mol. The fourth-order valence-corrected chi connectivity index (χ4v) is 3.28. The summed E-state index contributed by atoms with van der Waals surface area (Å²) in [6.45, 7) is 5.33. The third kappa shape index (κ3) is 5.93. The molecule has 2 aromatic rings. The van der Waals surface area contributed by atoms with E-state index in [0.717, 1.165) is 44.4 Å². The highest BCUT2D eigenvalue weighted by Crippen LogP contribution is 2.11. The van der Waals surface area contributed by atoms with Crippen molar-refractivity contribution in [3.8, 4) is 11.8 Å². The molecule has 0 unspecified atom stereocenters. The molecule has 0 spiro atoms. The SMILES string of the molecule is CN=C(NCc1cc(C#N)ccc1F)N1CCN(CCOc2ccccc2)CC1. The Hall–Kier alpha value is -3.11. The Kier molecular flexibility index (Phi) is 7.42. The van der Waals surface area contributed by atoms with Crippen LogP contribution in [-0.2, 0) is 6.54 Å². The summed E-state index contributed by atoms with van der Waals surface area (Å²) in [5.41, 5.74) is 0.909. The lowest BCUT2D eigenvalue weighted by Crippen LogP contribution is -2.52. The lowest BCUT2D eigenvalue weighted by atomic mass is 10.1. The molecule has 1 N–H and O–H groups in total. The monoisotopic (exact) mass is 395 g/mol. The van der Waals surface area contributed by atoms with Crippen LogP contribution in [0.15, 0.2) is 53.5 Å². The van der Waals surface area contributed by atoms with Gasteiger partial charge in [0, 0.05) is 51.9 Å². The second-order valence-corrected chi connectivity index (χ2v) is 6.81. The standard InChI is InChI=1S/C22H26FN5O/c1-25-22(26-17-19-15-18(16-24)7-8-21(19)23)28-11-9-27(10-12-28)13-14-29-20-5-3-2-4-6-20/h2-8,15H,9-14,17H2,1H3,(H,25,26). The smallest absolute Gasteiger partial charge is 0.194 e. The second-order valence-electron chi connectivity index (χ2n) is 6.81. The Labute approximate surface area is 171 Å². The lowest BCUT2D eigenvalue weighted by Gasteiger charge is -2.36. The first kappa shape index (κ1) is 20.6. The molecule has 0 amide bonds. The highest BCUT2D eigenvalue weighted by molar-refractivity contribution is 5.80. The number of para-hydroxylation sites is 1.